The van der Waals surface area contributed by atoms with Crippen LogP contribution >= 0.6 is 24.8 Å². The minimum atomic E-state index is 0. The highest BCUT2D eigenvalue weighted by atomic mass is 35.5. The van der Waals surface area contributed by atoms with Crippen molar-refractivity contribution in [2.75, 3.05) is 32.8 Å². The molecule has 0 aromatic heterocycles. The van der Waals surface area contributed by atoms with Gasteiger partial charge in [-0.1, -0.05) is 18.2 Å². The van der Waals surface area contributed by atoms with Crippen LogP contribution in [0.3, 0.4) is 0 Å². The Labute approximate surface area is 145 Å². The predicted molar refractivity (Wildman–Crippen MR) is 96.8 cm³/mol. The molecule has 0 amide bonds. The predicted octanol–water partition coefficient (Wildman–Crippen LogP) is 3.38. The van der Waals surface area contributed by atoms with Crippen molar-refractivity contribution < 1.29 is 4.74 Å². The molecule has 0 spiro atoms. The molecule has 0 bridgehead atoms. The average Bonchev–Trinajstić information content (AvgIpc) is 2.96. The maximum Gasteiger partial charge on any atom is 0.122 e. The second-order valence-corrected chi connectivity index (χ2v) is 5.63. The van der Waals surface area contributed by atoms with Gasteiger partial charge in [-0.05, 0) is 30.0 Å². The maximum absolute atomic E-state index is 5.62. The lowest BCUT2D eigenvalue weighted by Gasteiger charge is -2.35. The molecule has 1 aromatic carbocycles. The number of allylic oxidation sites excluding steroid dienone is 1. The van der Waals surface area contributed by atoms with Crippen LogP contribution in [0.4, 0.5) is 0 Å². The summed E-state index contributed by atoms with van der Waals surface area (Å²) < 4.78 is 5.62. The molecule has 0 aliphatic carbocycles. The molecular formula is C17H26Cl2N2O. The van der Waals surface area contributed by atoms with Crippen LogP contribution in [-0.2, 0) is 6.42 Å². The smallest absolute Gasteiger partial charge is 0.122 e. The number of nitrogens with one attached hydrogen (secondary N) is 1. The van der Waals surface area contributed by atoms with Gasteiger partial charge in [0, 0.05) is 38.6 Å². The Balaban J connectivity index is 0.00000121. The van der Waals surface area contributed by atoms with Crippen molar-refractivity contribution in [3.05, 3.63) is 42.0 Å². The highest BCUT2D eigenvalue weighted by molar-refractivity contribution is 5.85. The molecule has 1 fully saturated rings. The van der Waals surface area contributed by atoms with E-state index in [1.54, 1.807) is 0 Å². The lowest BCUT2D eigenvalue weighted by molar-refractivity contribution is 0.166. The third-order valence-corrected chi connectivity index (χ3v) is 4.33. The van der Waals surface area contributed by atoms with Gasteiger partial charge in [0.2, 0.25) is 0 Å². The summed E-state index contributed by atoms with van der Waals surface area (Å²) >= 11 is 0. The van der Waals surface area contributed by atoms with Gasteiger partial charge in [-0.3, -0.25) is 4.90 Å². The van der Waals surface area contributed by atoms with Crippen molar-refractivity contribution in [2.24, 2.45) is 0 Å². The van der Waals surface area contributed by atoms with Gasteiger partial charge in [0.25, 0.3) is 0 Å². The molecule has 0 radical (unpaired) electrons. The molecule has 5 heteroatoms. The van der Waals surface area contributed by atoms with Crippen LogP contribution in [0.15, 0.2) is 30.9 Å². The summed E-state index contributed by atoms with van der Waals surface area (Å²) in [5, 5.41) is 3.44. The molecule has 3 rings (SSSR count). The van der Waals surface area contributed by atoms with E-state index in [4.69, 9.17) is 4.74 Å². The minimum absolute atomic E-state index is 0. The molecule has 0 saturated carbocycles. The SMILES string of the molecule is C=CCC[C@H](c1ccc2c(c1)CCO2)N1CCNCC1.Cl.Cl. The number of ether oxygens (including phenoxy) is 1. The summed E-state index contributed by atoms with van der Waals surface area (Å²) in [6.45, 7) is 9.18. The Hall–Kier alpha value is -0.740. The zero-order chi connectivity index (χ0) is 13.8. The lowest BCUT2D eigenvalue weighted by atomic mass is 9.97. The highest BCUT2D eigenvalue weighted by Gasteiger charge is 2.23. The number of rotatable bonds is 5. The lowest BCUT2D eigenvalue weighted by Crippen LogP contribution is -2.45. The van der Waals surface area contributed by atoms with Crippen molar-refractivity contribution in [1.29, 1.82) is 0 Å². The summed E-state index contributed by atoms with van der Waals surface area (Å²) in [5.41, 5.74) is 2.82. The zero-order valence-corrected chi connectivity index (χ0v) is 14.6. The third kappa shape index (κ3) is 4.39. The maximum atomic E-state index is 5.62. The molecule has 0 unspecified atom stereocenters. The summed E-state index contributed by atoms with van der Waals surface area (Å²) in [7, 11) is 0. The number of piperazine rings is 1. The van der Waals surface area contributed by atoms with Crippen LogP contribution < -0.4 is 10.1 Å². The fraction of sp³-hybridized carbons (Fsp3) is 0.529. The van der Waals surface area contributed by atoms with E-state index in [1.807, 2.05) is 6.08 Å². The number of nitrogens with zero attached hydrogens (tertiary/aromatic N) is 1. The van der Waals surface area contributed by atoms with Crippen molar-refractivity contribution in [3.8, 4) is 5.75 Å². The van der Waals surface area contributed by atoms with E-state index in [2.05, 4.69) is 35.0 Å². The first-order chi connectivity index (χ1) is 9.88. The van der Waals surface area contributed by atoms with Gasteiger partial charge in [0.1, 0.15) is 5.75 Å². The van der Waals surface area contributed by atoms with Crippen LogP contribution in [0.25, 0.3) is 0 Å². The molecule has 1 aromatic rings. The molecule has 1 N–H and O–H groups in total. The third-order valence-electron chi connectivity index (χ3n) is 4.33. The Bertz CT molecular complexity index is 476. The Kier molecular flexibility index (Phi) is 8.26. The normalized spacial score (nSPS) is 18.4. The van der Waals surface area contributed by atoms with Gasteiger partial charge in [0.05, 0.1) is 6.61 Å². The number of halogens is 2. The molecule has 2 aliphatic rings. The second-order valence-electron chi connectivity index (χ2n) is 5.63. The molecule has 124 valence electrons. The van der Waals surface area contributed by atoms with E-state index >= 15 is 0 Å². The Morgan fingerprint density at radius 3 is 2.77 bits per heavy atom. The first-order valence-corrected chi connectivity index (χ1v) is 7.70. The van der Waals surface area contributed by atoms with Crippen molar-refractivity contribution in [3.63, 3.8) is 0 Å². The van der Waals surface area contributed by atoms with Crippen LogP contribution in [-0.4, -0.2) is 37.7 Å². The van der Waals surface area contributed by atoms with Gasteiger partial charge < -0.3 is 10.1 Å². The first kappa shape index (κ1) is 19.3. The monoisotopic (exact) mass is 344 g/mol. The van der Waals surface area contributed by atoms with Crippen molar-refractivity contribution in [1.82, 2.24) is 10.2 Å². The van der Waals surface area contributed by atoms with E-state index in [-0.39, 0.29) is 24.8 Å². The van der Waals surface area contributed by atoms with E-state index < -0.39 is 0 Å². The molecular weight excluding hydrogens is 319 g/mol. The number of hydrogen-bond donors (Lipinski definition) is 1. The van der Waals surface area contributed by atoms with Crippen LogP contribution in [0.2, 0.25) is 0 Å². The Morgan fingerprint density at radius 1 is 1.27 bits per heavy atom. The fourth-order valence-corrected chi connectivity index (χ4v) is 3.24. The summed E-state index contributed by atoms with van der Waals surface area (Å²) in [6.07, 6.45) is 5.32. The fourth-order valence-electron chi connectivity index (χ4n) is 3.24. The number of hydrogen-bond acceptors (Lipinski definition) is 3. The van der Waals surface area contributed by atoms with E-state index in [0.29, 0.717) is 6.04 Å². The minimum Gasteiger partial charge on any atom is -0.493 e. The molecule has 3 nitrogen and oxygen atoms in total. The summed E-state index contributed by atoms with van der Waals surface area (Å²) in [4.78, 5) is 2.61. The standard InChI is InChI=1S/C17H24N2O.2ClH/c1-2-3-4-16(19-10-8-18-9-11-19)14-5-6-17-15(13-14)7-12-20-17;;/h2,5-6,13,16,18H,1,3-4,7-12H2;2*1H/t16-;;/m1../s1. The van der Waals surface area contributed by atoms with Crippen molar-refractivity contribution >= 4 is 24.8 Å². The van der Waals surface area contributed by atoms with Crippen molar-refractivity contribution in [2.45, 2.75) is 25.3 Å². The zero-order valence-electron chi connectivity index (χ0n) is 12.9. The van der Waals surface area contributed by atoms with Gasteiger partial charge in [-0.25, -0.2) is 0 Å². The average molecular weight is 345 g/mol. The summed E-state index contributed by atoms with van der Waals surface area (Å²) in [6, 6.07) is 7.28. The summed E-state index contributed by atoms with van der Waals surface area (Å²) in [5.74, 6) is 1.08. The van der Waals surface area contributed by atoms with E-state index in [1.165, 1.54) is 11.1 Å². The van der Waals surface area contributed by atoms with Gasteiger partial charge in [0.15, 0.2) is 0 Å². The van der Waals surface area contributed by atoms with Crippen LogP contribution in [0, 0.1) is 0 Å². The topological polar surface area (TPSA) is 24.5 Å². The largest absolute Gasteiger partial charge is 0.493 e. The van der Waals surface area contributed by atoms with Crippen LogP contribution in [0.5, 0.6) is 5.75 Å². The quantitative estimate of drug-likeness (QED) is 0.828. The van der Waals surface area contributed by atoms with E-state index in [0.717, 1.165) is 57.8 Å². The molecule has 2 heterocycles. The molecule has 2 aliphatic heterocycles. The number of fused-ring (bicyclic) bond motifs is 1. The van der Waals surface area contributed by atoms with Crippen LogP contribution in [0.1, 0.15) is 30.0 Å². The molecule has 22 heavy (non-hydrogen) atoms. The number of benzene rings is 1. The van der Waals surface area contributed by atoms with Gasteiger partial charge in [-0.15, -0.1) is 31.4 Å². The van der Waals surface area contributed by atoms with Gasteiger partial charge >= 0.3 is 0 Å². The van der Waals surface area contributed by atoms with Gasteiger partial charge in [-0.2, -0.15) is 0 Å². The molecule has 1 atom stereocenters. The highest BCUT2D eigenvalue weighted by Crippen LogP contribution is 2.32. The first-order valence-electron chi connectivity index (χ1n) is 7.70. The Morgan fingerprint density at radius 2 is 2.05 bits per heavy atom. The molecule has 1 saturated heterocycles. The second kappa shape index (κ2) is 9.41. The van der Waals surface area contributed by atoms with E-state index in [9.17, 15) is 0 Å².